The van der Waals surface area contributed by atoms with Crippen LogP contribution in [0, 0.1) is 11.3 Å². The molecule has 1 aromatic heterocycles. The van der Waals surface area contributed by atoms with Gasteiger partial charge in [0.1, 0.15) is 0 Å². The van der Waals surface area contributed by atoms with E-state index < -0.39 is 0 Å². The molecule has 0 unspecified atom stereocenters. The molecule has 0 saturated heterocycles. The fourth-order valence-electron chi connectivity index (χ4n) is 3.83. The summed E-state index contributed by atoms with van der Waals surface area (Å²) in [5, 5.41) is 17.0. The number of carbonyl (C=O) groups is 1. The number of fused-ring (bicyclic) bond motifs is 2. The van der Waals surface area contributed by atoms with Crippen molar-refractivity contribution in [3.05, 3.63) is 63.8 Å². The molecular formula is C24H24N4O3S. The second-order valence-electron chi connectivity index (χ2n) is 7.36. The van der Waals surface area contributed by atoms with Crippen LogP contribution in [0.3, 0.4) is 0 Å². The Balaban J connectivity index is 1.73. The first-order chi connectivity index (χ1) is 15.6. The number of methoxy groups -OCH3 is 2. The molecule has 0 bridgehead atoms. The maximum absolute atomic E-state index is 13.7. The Morgan fingerprint density at radius 2 is 1.84 bits per heavy atom. The van der Waals surface area contributed by atoms with Crippen LogP contribution in [0.5, 0.6) is 11.5 Å². The van der Waals surface area contributed by atoms with Crippen molar-refractivity contribution in [2.45, 2.75) is 6.54 Å². The summed E-state index contributed by atoms with van der Waals surface area (Å²) in [7, 11) is 5.03. The minimum atomic E-state index is -0.154. The lowest BCUT2D eigenvalue weighted by atomic mass is 10.1. The molecule has 3 aromatic rings. The molecule has 1 amide bonds. The standard InChI is InChI=1S/C24H24N4O3S/c1-27-19-5-4-16(13-25)10-21(19)28(8-7-26-14-17-6-9-32-15-17)24(29)18-11-22(30-2)23(31-3)12-20(18)27/h4-6,9-12,15,26H,7-8,14H2,1-3H3. The average Bonchev–Trinajstić information content (AvgIpc) is 3.33. The van der Waals surface area contributed by atoms with Gasteiger partial charge in [0.05, 0.1) is 48.5 Å². The average molecular weight is 449 g/mol. The highest BCUT2D eigenvalue weighted by atomic mass is 32.1. The van der Waals surface area contributed by atoms with E-state index in [1.54, 1.807) is 48.7 Å². The number of thiophene rings is 1. The topological polar surface area (TPSA) is 77.8 Å². The van der Waals surface area contributed by atoms with E-state index in [0.717, 1.165) is 12.2 Å². The lowest BCUT2D eigenvalue weighted by molar-refractivity contribution is 0.0988. The highest BCUT2D eigenvalue weighted by molar-refractivity contribution is 7.07. The van der Waals surface area contributed by atoms with Gasteiger partial charge in [0.2, 0.25) is 0 Å². The minimum Gasteiger partial charge on any atom is -0.493 e. The van der Waals surface area contributed by atoms with Gasteiger partial charge in [-0.3, -0.25) is 4.79 Å². The molecule has 0 fully saturated rings. The number of nitrogens with one attached hydrogen (secondary N) is 1. The highest BCUT2D eigenvalue weighted by Crippen LogP contribution is 2.44. The van der Waals surface area contributed by atoms with Gasteiger partial charge in [0.25, 0.3) is 5.91 Å². The largest absolute Gasteiger partial charge is 0.493 e. The Bertz CT molecular complexity index is 1170. The summed E-state index contributed by atoms with van der Waals surface area (Å²) in [6.07, 6.45) is 0. The van der Waals surface area contributed by atoms with Gasteiger partial charge in [-0.15, -0.1) is 0 Å². The van der Waals surface area contributed by atoms with Crippen LogP contribution in [0.4, 0.5) is 17.1 Å². The fourth-order valence-corrected chi connectivity index (χ4v) is 4.50. The number of hydrogen-bond donors (Lipinski definition) is 1. The van der Waals surface area contributed by atoms with Crippen LogP contribution in [-0.4, -0.2) is 40.3 Å². The predicted molar refractivity (Wildman–Crippen MR) is 126 cm³/mol. The van der Waals surface area contributed by atoms with Gasteiger partial charge in [0.15, 0.2) is 11.5 Å². The summed E-state index contributed by atoms with van der Waals surface area (Å²) in [6, 6.07) is 13.2. The number of benzene rings is 2. The lowest BCUT2D eigenvalue weighted by Crippen LogP contribution is -2.36. The smallest absolute Gasteiger partial charge is 0.260 e. The monoisotopic (exact) mass is 448 g/mol. The van der Waals surface area contributed by atoms with Gasteiger partial charge < -0.3 is 24.6 Å². The second kappa shape index (κ2) is 9.30. The quantitative estimate of drug-likeness (QED) is 0.547. The summed E-state index contributed by atoms with van der Waals surface area (Å²) in [5.74, 6) is 0.887. The van der Waals surface area contributed by atoms with Gasteiger partial charge in [-0.2, -0.15) is 16.6 Å². The lowest BCUT2D eigenvalue weighted by Gasteiger charge is -2.25. The third-order valence-electron chi connectivity index (χ3n) is 5.52. The third kappa shape index (κ3) is 4.00. The molecule has 1 N–H and O–H groups in total. The van der Waals surface area contributed by atoms with Crippen LogP contribution in [0.2, 0.25) is 0 Å². The normalized spacial score (nSPS) is 12.6. The highest BCUT2D eigenvalue weighted by Gasteiger charge is 2.31. The van der Waals surface area contributed by atoms with E-state index >= 15 is 0 Å². The van der Waals surface area contributed by atoms with Crippen LogP contribution in [0.1, 0.15) is 21.5 Å². The van der Waals surface area contributed by atoms with E-state index in [9.17, 15) is 10.1 Å². The van der Waals surface area contributed by atoms with E-state index in [0.29, 0.717) is 47.1 Å². The maximum atomic E-state index is 13.7. The molecular weight excluding hydrogens is 424 g/mol. The van der Waals surface area contributed by atoms with E-state index in [1.165, 1.54) is 5.56 Å². The number of amides is 1. The van der Waals surface area contributed by atoms with Gasteiger partial charge in [-0.1, -0.05) is 0 Å². The van der Waals surface area contributed by atoms with Crippen LogP contribution in [-0.2, 0) is 6.54 Å². The second-order valence-corrected chi connectivity index (χ2v) is 8.14. The zero-order valence-electron chi connectivity index (χ0n) is 18.2. The van der Waals surface area contributed by atoms with Gasteiger partial charge in [-0.05, 0) is 46.7 Å². The van der Waals surface area contributed by atoms with E-state index in [-0.39, 0.29) is 5.91 Å². The summed E-state index contributed by atoms with van der Waals surface area (Å²) in [5.41, 5.74) is 4.47. The van der Waals surface area contributed by atoms with Crippen molar-refractivity contribution in [3.8, 4) is 17.6 Å². The van der Waals surface area contributed by atoms with Crippen molar-refractivity contribution in [3.63, 3.8) is 0 Å². The Hall–Kier alpha value is -3.54. The Labute approximate surface area is 191 Å². The summed E-state index contributed by atoms with van der Waals surface area (Å²) >= 11 is 1.66. The van der Waals surface area contributed by atoms with Crippen molar-refractivity contribution in [1.82, 2.24) is 5.32 Å². The zero-order valence-corrected chi connectivity index (χ0v) is 19.0. The molecule has 0 aliphatic carbocycles. The third-order valence-corrected chi connectivity index (χ3v) is 6.25. The maximum Gasteiger partial charge on any atom is 0.260 e. The van der Waals surface area contributed by atoms with Crippen molar-refractivity contribution >= 4 is 34.3 Å². The Kier molecular flexibility index (Phi) is 6.30. The molecule has 164 valence electrons. The van der Waals surface area contributed by atoms with Crippen molar-refractivity contribution < 1.29 is 14.3 Å². The number of ether oxygens (including phenoxy) is 2. The molecule has 0 atom stereocenters. The molecule has 0 spiro atoms. The zero-order chi connectivity index (χ0) is 22.7. The molecule has 7 nitrogen and oxygen atoms in total. The number of carbonyl (C=O) groups excluding carboxylic acids is 1. The van der Waals surface area contributed by atoms with E-state index in [1.807, 2.05) is 29.5 Å². The van der Waals surface area contributed by atoms with E-state index in [4.69, 9.17) is 9.47 Å². The number of anilines is 3. The number of rotatable bonds is 7. The molecule has 1 aliphatic rings. The molecule has 0 saturated carbocycles. The predicted octanol–water partition coefficient (Wildman–Crippen LogP) is 4.15. The van der Waals surface area contributed by atoms with Crippen LogP contribution in [0.25, 0.3) is 0 Å². The van der Waals surface area contributed by atoms with Gasteiger partial charge in [-0.25, -0.2) is 0 Å². The number of nitriles is 1. The Morgan fingerprint density at radius 1 is 1.06 bits per heavy atom. The van der Waals surface area contributed by atoms with E-state index in [2.05, 4.69) is 22.8 Å². The molecule has 32 heavy (non-hydrogen) atoms. The summed E-state index contributed by atoms with van der Waals surface area (Å²) < 4.78 is 10.9. The van der Waals surface area contributed by atoms with Crippen molar-refractivity contribution in [2.24, 2.45) is 0 Å². The molecule has 4 rings (SSSR count). The fraction of sp³-hybridized carbons (Fsp3) is 0.250. The molecule has 1 aliphatic heterocycles. The van der Waals surface area contributed by atoms with Crippen LogP contribution >= 0.6 is 11.3 Å². The Morgan fingerprint density at radius 3 is 2.53 bits per heavy atom. The molecule has 8 heteroatoms. The molecule has 2 aromatic carbocycles. The van der Waals surface area contributed by atoms with Crippen LogP contribution < -0.4 is 24.6 Å². The minimum absolute atomic E-state index is 0.154. The van der Waals surface area contributed by atoms with Gasteiger partial charge >= 0.3 is 0 Å². The first-order valence-corrected chi connectivity index (χ1v) is 11.1. The van der Waals surface area contributed by atoms with Crippen molar-refractivity contribution in [2.75, 3.05) is 44.2 Å². The molecule has 2 heterocycles. The number of hydrogen-bond acceptors (Lipinski definition) is 7. The molecule has 0 radical (unpaired) electrons. The van der Waals surface area contributed by atoms with Crippen LogP contribution in [0.15, 0.2) is 47.2 Å². The first-order valence-electron chi connectivity index (χ1n) is 10.1. The first kappa shape index (κ1) is 21.7. The van der Waals surface area contributed by atoms with Gasteiger partial charge in [0, 0.05) is 32.7 Å². The van der Waals surface area contributed by atoms with Crippen molar-refractivity contribution in [1.29, 1.82) is 5.26 Å². The SMILES string of the molecule is COc1cc2c(cc1OC)N(C)c1ccc(C#N)cc1N(CCNCc1ccsc1)C2=O. The summed E-state index contributed by atoms with van der Waals surface area (Å²) in [4.78, 5) is 17.4. The summed E-state index contributed by atoms with van der Waals surface area (Å²) in [6.45, 7) is 1.79. The number of nitrogens with zero attached hydrogens (tertiary/aromatic N) is 3.